The summed E-state index contributed by atoms with van der Waals surface area (Å²) in [6, 6.07) is 5.79. The molecule has 0 aliphatic heterocycles. The Balaban J connectivity index is 1.75. The Morgan fingerprint density at radius 1 is 1.45 bits per heavy atom. The minimum Gasteiger partial charge on any atom is -0.476 e. The molecule has 0 aromatic carbocycles. The molecule has 1 aliphatic rings. The van der Waals surface area contributed by atoms with Crippen LogP contribution >= 0.6 is 11.8 Å². The van der Waals surface area contributed by atoms with Crippen molar-refractivity contribution in [1.29, 1.82) is 0 Å². The number of pyridine rings is 1. The molecule has 6 heteroatoms. The van der Waals surface area contributed by atoms with E-state index < -0.39 is 0 Å². The second-order valence-electron chi connectivity index (χ2n) is 5.15. The van der Waals surface area contributed by atoms with Gasteiger partial charge in [-0.3, -0.25) is 4.68 Å². The van der Waals surface area contributed by atoms with Crippen molar-refractivity contribution in [3.05, 3.63) is 23.9 Å². The van der Waals surface area contributed by atoms with Crippen molar-refractivity contribution >= 4 is 17.4 Å². The number of rotatable bonds is 5. The molecule has 2 N–H and O–H groups in total. The van der Waals surface area contributed by atoms with Crippen LogP contribution in [0.3, 0.4) is 0 Å². The lowest BCUT2D eigenvalue weighted by molar-refractivity contribution is 0.288. The fourth-order valence-corrected chi connectivity index (χ4v) is 2.76. The van der Waals surface area contributed by atoms with Crippen LogP contribution in [0, 0.1) is 12.8 Å². The van der Waals surface area contributed by atoms with Gasteiger partial charge in [-0.1, -0.05) is 11.8 Å². The standard InChI is InChI=1S/C14H18N4OS/c1-9-7-13(18(2)17-9)20-12-6-5-11(15)14(16-12)19-8-10-3-4-10/h5-7,10H,3-4,8,15H2,1-2H3. The van der Waals surface area contributed by atoms with Crippen LogP contribution in [0.4, 0.5) is 5.69 Å². The van der Waals surface area contributed by atoms with Gasteiger partial charge in [0.05, 0.1) is 18.0 Å². The fraction of sp³-hybridized carbons (Fsp3) is 0.429. The van der Waals surface area contributed by atoms with E-state index in [1.54, 1.807) is 11.8 Å². The average molecular weight is 290 g/mol. The monoisotopic (exact) mass is 290 g/mol. The highest BCUT2D eigenvalue weighted by Gasteiger charge is 2.22. The Kier molecular flexibility index (Phi) is 3.56. The summed E-state index contributed by atoms with van der Waals surface area (Å²) in [5, 5.41) is 6.24. The average Bonchev–Trinajstić information content (AvgIpc) is 3.17. The van der Waals surface area contributed by atoms with Crippen molar-refractivity contribution < 1.29 is 4.74 Å². The lowest BCUT2D eigenvalue weighted by Gasteiger charge is -2.09. The van der Waals surface area contributed by atoms with Crippen LogP contribution in [-0.2, 0) is 7.05 Å². The first-order valence-electron chi connectivity index (χ1n) is 6.69. The summed E-state index contributed by atoms with van der Waals surface area (Å²) >= 11 is 1.56. The smallest absolute Gasteiger partial charge is 0.238 e. The quantitative estimate of drug-likeness (QED) is 0.917. The molecule has 0 atom stereocenters. The molecule has 5 nitrogen and oxygen atoms in total. The highest BCUT2D eigenvalue weighted by atomic mass is 32.2. The third-order valence-corrected chi connectivity index (χ3v) is 4.21. The van der Waals surface area contributed by atoms with Gasteiger partial charge in [0.2, 0.25) is 5.88 Å². The molecule has 1 fully saturated rings. The highest BCUT2D eigenvalue weighted by Crippen LogP contribution is 2.32. The number of nitrogens with zero attached hydrogens (tertiary/aromatic N) is 3. The van der Waals surface area contributed by atoms with E-state index in [-0.39, 0.29) is 0 Å². The zero-order valence-electron chi connectivity index (χ0n) is 11.7. The Labute approximate surface area is 122 Å². The second kappa shape index (κ2) is 5.36. The number of ether oxygens (including phenoxy) is 1. The molecule has 2 heterocycles. The molecule has 0 unspecified atom stereocenters. The number of nitrogen functional groups attached to an aromatic ring is 1. The van der Waals surface area contributed by atoms with Crippen molar-refractivity contribution in [3.8, 4) is 5.88 Å². The summed E-state index contributed by atoms with van der Waals surface area (Å²) in [6.07, 6.45) is 2.51. The second-order valence-corrected chi connectivity index (χ2v) is 6.19. The molecule has 0 saturated heterocycles. The first kappa shape index (κ1) is 13.3. The van der Waals surface area contributed by atoms with E-state index in [1.165, 1.54) is 12.8 Å². The van der Waals surface area contributed by atoms with Gasteiger partial charge in [-0.15, -0.1) is 0 Å². The van der Waals surface area contributed by atoms with Gasteiger partial charge in [-0.2, -0.15) is 5.10 Å². The van der Waals surface area contributed by atoms with Crippen LogP contribution in [0.1, 0.15) is 18.5 Å². The SMILES string of the molecule is Cc1cc(Sc2ccc(N)c(OCC3CC3)n2)n(C)n1. The normalized spacial score (nSPS) is 14.5. The van der Waals surface area contributed by atoms with Crippen LogP contribution in [0.25, 0.3) is 0 Å². The van der Waals surface area contributed by atoms with Crippen molar-refractivity contribution in [2.45, 2.75) is 29.8 Å². The van der Waals surface area contributed by atoms with Crippen LogP contribution in [0.5, 0.6) is 5.88 Å². The maximum absolute atomic E-state index is 5.91. The summed E-state index contributed by atoms with van der Waals surface area (Å²) in [5.41, 5.74) is 7.50. The van der Waals surface area contributed by atoms with E-state index in [4.69, 9.17) is 10.5 Å². The molecule has 1 aliphatic carbocycles. The number of aryl methyl sites for hydroxylation is 2. The van der Waals surface area contributed by atoms with E-state index >= 15 is 0 Å². The number of hydrogen-bond donors (Lipinski definition) is 1. The molecule has 106 valence electrons. The Hall–Kier alpha value is -1.69. The zero-order chi connectivity index (χ0) is 14.1. The largest absolute Gasteiger partial charge is 0.476 e. The third-order valence-electron chi connectivity index (χ3n) is 3.19. The minimum atomic E-state index is 0.542. The zero-order valence-corrected chi connectivity index (χ0v) is 12.5. The topological polar surface area (TPSA) is 66.0 Å². The van der Waals surface area contributed by atoms with Crippen LogP contribution in [-0.4, -0.2) is 21.4 Å². The predicted octanol–water partition coefficient (Wildman–Crippen LogP) is 2.65. The van der Waals surface area contributed by atoms with E-state index in [2.05, 4.69) is 10.1 Å². The Morgan fingerprint density at radius 3 is 2.90 bits per heavy atom. The summed E-state index contributed by atoms with van der Waals surface area (Å²) in [4.78, 5) is 4.49. The Morgan fingerprint density at radius 2 is 2.25 bits per heavy atom. The molecular formula is C14H18N4OS. The molecule has 0 amide bonds. The lowest BCUT2D eigenvalue weighted by Crippen LogP contribution is -2.04. The van der Waals surface area contributed by atoms with Crippen molar-refractivity contribution in [2.75, 3.05) is 12.3 Å². The van der Waals surface area contributed by atoms with E-state index in [9.17, 15) is 0 Å². The molecular weight excluding hydrogens is 272 g/mol. The molecule has 3 rings (SSSR count). The fourth-order valence-electron chi connectivity index (χ4n) is 1.88. The highest BCUT2D eigenvalue weighted by molar-refractivity contribution is 7.99. The first-order chi connectivity index (χ1) is 9.61. The maximum atomic E-state index is 5.91. The summed E-state index contributed by atoms with van der Waals surface area (Å²) in [5.74, 6) is 1.23. The van der Waals surface area contributed by atoms with Crippen LogP contribution in [0.2, 0.25) is 0 Å². The third kappa shape index (κ3) is 3.07. The van der Waals surface area contributed by atoms with Gasteiger partial charge < -0.3 is 10.5 Å². The van der Waals surface area contributed by atoms with Crippen molar-refractivity contribution in [2.24, 2.45) is 13.0 Å². The molecule has 2 aromatic heterocycles. The van der Waals surface area contributed by atoms with Crippen molar-refractivity contribution in [3.63, 3.8) is 0 Å². The van der Waals surface area contributed by atoms with Crippen LogP contribution in [0.15, 0.2) is 28.3 Å². The summed E-state index contributed by atoms with van der Waals surface area (Å²) in [7, 11) is 1.93. The van der Waals surface area contributed by atoms with Gasteiger partial charge in [-0.05, 0) is 43.9 Å². The van der Waals surface area contributed by atoms with E-state index in [1.807, 2.05) is 36.9 Å². The molecule has 20 heavy (non-hydrogen) atoms. The molecule has 0 spiro atoms. The van der Waals surface area contributed by atoms with Gasteiger partial charge in [-0.25, -0.2) is 4.98 Å². The van der Waals surface area contributed by atoms with Crippen LogP contribution < -0.4 is 10.5 Å². The van der Waals surface area contributed by atoms with Gasteiger partial charge in [0, 0.05) is 7.05 Å². The van der Waals surface area contributed by atoms with Gasteiger partial charge >= 0.3 is 0 Å². The predicted molar refractivity (Wildman–Crippen MR) is 78.9 cm³/mol. The van der Waals surface area contributed by atoms with Gasteiger partial charge in [0.25, 0.3) is 0 Å². The maximum Gasteiger partial charge on any atom is 0.238 e. The molecule has 1 saturated carbocycles. The number of hydrogen-bond acceptors (Lipinski definition) is 5. The first-order valence-corrected chi connectivity index (χ1v) is 7.51. The summed E-state index contributed by atoms with van der Waals surface area (Å²) in [6.45, 7) is 2.70. The minimum absolute atomic E-state index is 0.542. The Bertz CT molecular complexity index is 622. The van der Waals surface area contributed by atoms with Gasteiger partial charge in [0.1, 0.15) is 10.1 Å². The molecule has 0 radical (unpaired) electrons. The van der Waals surface area contributed by atoms with E-state index in [0.717, 1.165) is 22.4 Å². The number of aromatic nitrogens is 3. The van der Waals surface area contributed by atoms with E-state index in [0.29, 0.717) is 17.5 Å². The molecule has 2 aromatic rings. The van der Waals surface area contributed by atoms with Crippen molar-refractivity contribution in [1.82, 2.24) is 14.8 Å². The number of nitrogens with two attached hydrogens (primary N) is 1. The van der Waals surface area contributed by atoms with Gasteiger partial charge in [0.15, 0.2) is 0 Å². The lowest BCUT2D eigenvalue weighted by atomic mass is 10.4. The number of anilines is 1. The summed E-state index contributed by atoms with van der Waals surface area (Å²) < 4.78 is 7.55. The molecule has 0 bridgehead atoms.